The summed E-state index contributed by atoms with van der Waals surface area (Å²) in [4.78, 5) is 0. The molecule has 2 heterocycles. The number of rotatable bonds is 2. The summed E-state index contributed by atoms with van der Waals surface area (Å²) in [6.07, 6.45) is 1.79. The lowest BCUT2D eigenvalue weighted by molar-refractivity contribution is -0.294. The molecule has 4 rings (SSSR count). The lowest BCUT2D eigenvalue weighted by Gasteiger charge is -2.51. The topological polar surface area (TPSA) is 123 Å². The number of nitrogens with zero attached hydrogens (tertiary/aromatic N) is 3. The van der Waals surface area contributed by atoms with Crippen LogP contribution in [0.1, 0.15) is 37.4 Å². The molecule has 1 aliphatic carbocycles. The van der Waals surface area contributed by atoms with E-state index >= 15 is 0 Å². The van der Waals surface area contributed by atoms with Crippen LogP contribution in [-0.2, 0) is 9.47 Å². The van der Waals surface area contributed by atoms with Crippen molar-refractivity contribution in [3.8, 4) is 24.0 Å². The average Bonchev–Trinajstić information content (AvgIpc) is 2.92. The van der Waals surface area contributed by atoms with Crippen molar-refractivity contribution in [3.63, 3.8) is 0 Å². The fourth-order valence-corrected chi connectivity index (χ4v) is 4.94. The molecule has 0 amide bonds. The summed E-state index contributed by atoms with van der Waals surface area (Å²) >= 11 is 0. The third-order valence-electron chi connectivity index (χ3n) is 6.23. The van der Waals surface area contributed by atoms with Gasteiger partial charge in [0, 0.05) is 6.42 Å². The van der Waals surface area contributed by atoms with Gasteiger partial charge in [-0.2, -0.15) is 15.8 Å². The molecule has 1 aromatic rings. The molecule has 7 nitrogen and oxygen atoms in total. The van der Waals surface area contributed by atoms with E-state index in [1.807, 2.05) is 0 Å². The molecule has 0 spiro atoms. The lowest BCUT2D eigenvalue weighted by Crippen LogP contribution is -2.60. The van der Waals surface area contributed by atoms with Crippen molar-refractivity contribution in [2.75, 3.05) is 7.11 Å². The van der Waals surface area contributed by atoms with Crippen LogP contribution in [-0.4, -0.2) is 18.8 Å². The van der Waals surface area contributed by atoms with Gasteiger partial charge in [-0.25, -0.2) is 0 Å². The van der Waals surface area contributed by atoms with E-state index in [-0.39, 0.29) is 5.90 Å². The smallest absolute Gasteiger partial charge is 0.217 e. The van der Waals surface area contributed by atoms with Crippen LogP contribution in [0.3, 0.4) is 0 Å². The van der Waals surface area contributed by atoms with Crippen LogP contribution in [0.5, 0.6) is 5.75 Å². The molecule has 0 radical (unpaired) electrons. The molecule has 1 aromatic carbocycles. The number of ether oxygens (including phenoxy) is 3. The Bertz CT molecular complexity index is 909. The predicted octanol–water partition coefficient (Wildman–Crippen LogP) is 3.20. The SMILES string of the molecule is COc1ccc([C@H]2O[C@@]34CCCC[C@H]3[C@](C#N)(C(=N)O4)C2(C#N)C#N)cc1. The van der Waals surface area contributed by atoms with Crippen molar-refractivity contribution >= 4 is 5.90 Å². The monoisotopic (exact) mass is 362 g/mol. The summed E-state index contributed by atoms with van der Waals surface area (Å²) in [5.74, 6) is -1.34. The van der Waals surface area contributed by atoms with Gasteiger partial charge >= 0.3 is 0 Å². The third-order valence-corrected chi connectivity index (χ3v) is 6.23. The van der Waals surface area contributed by atoms with Crippen LogP contribution in [0.4, 0.5) is 0 Å². The molecular formula is C20H18N4O3. The molecule has 2 bridgehead atoms. The highest BCUT2D eigenvalue weighted by Gasteiger charge is 2.80. The third kappa shape index (κ3) is 1.89. The highest BCUT2D eigenvalue weighted by atomic mass is 16.7. The second-order valence-electron chi connectivity index (χ2n) is 7.26. The van der Waals surface area contributed by atoms with Crippen LogP contribution < -0.4 is 4.74 Å². The minimum atomic E-state index is -1.88. The predicted molar refractivity (Wildman–Crippen MR) is 92.0 cm³/mol. The Morgan fingerprint density at radius 1 is 1.11 bits per heavy atom. The van der Waals surface area contributed by atoms with Gasteiger partial charge in [0.05, 0.1) is 31.2 Å². The highest BCUT2D eigenvalue weighted by Crippen LogP contribution is 2.69. The van der Waals surface area contributed by atoms with Gasteiger partial charge in [-0.1, -0.05) is 18.6 Å². The summed E-state index contributed by atoms with van der Waals surface area (Å²) in [6.45, 7) is 0. The Balaban J connectivity index is 1.95. The lowest BCUT2D eigenvalue weighted by atomic mass is 9.51. The quantitative estimate of drug-likeness (QED) is 0.861. The maximum atomic E-state index is 10.2. The summed E-state index contributed by atoms with van der Waals surface area (Å²) in [5, 5.41) is 38.8. The van der Waals surface area contributed by atoms with Crippen molar-refractivity contribution in [1.29, 1.82) is 21.2 Å². The molecule has 3 aliphatic rings. The van der Waals surface area contributed by atoms with Gasteiger partial charge in [0.2, 0.25) is 17.1 Å². The fourth-order valence-electron chi connectivity index (χ4n) is 4.94. The highest BCUT2D eigenvalue weighted by molar-refractivity contribution is 5.89. The van der Waals surface area contributed by atoms with Crippen LogP contribution >= 0.6 is 0 Å². The van der Waals surface area contributed by atoms with Crippen molar-refractivity contribution in [2.45, 2.75) is 37.6 Å². The first-order valence-corrected chi connectivity index (χ1v) is 8.87. The minimum absolute atomic E-state index is 0.323. The maximum absolute atomic E-state index is 10.2. The molecule has 136 valence electrons. The van der Waals surface area contributed by atoms with Crippen molar-refractivity contribution in [3.05, 3.63) is 29.8 Å². The molecule has 3 fully saturated rings. The molecule has 0 unspecified atom stereocenters. The summed E-state index contributed by atoms with van der Waals surface area (Å²) in [7, 11) is 1.55. The van der Waals surface area contributed by atoms with E-state index in [0.717, 1.165) is 12.8 Å². The number of benzene rings is 1. The van der Waals surface area contributed by atoms with Crippen LogP contribution in [0.15, 0.2) is 24.3 Å². The standard InChI is InChI=1S/C20H18N4O3/c1-25-14-7-5-13(6-8-14)16-18(10-21,11-22)19(12-23)15-4-2-3-9-20(15,26-16)27-17(19)24/h5-8,15-16,24H,2-4,9H2,1H3/t15-,16+,19+,20+/m0/s1. The molecule has 0 aromatic heterocycles. The van der Waals surface area contributed by atoms with E-state index in [2.05, 4.69) is 18.2 Å². The molecule has 1 saturated carbocycles. The summed E-state index contributed by atoms with van der Waals surface area (Å²) < 4.78 is 17.3. The largest absolute Gasteiger partial charge is 0.497 e. The zero-order valence-electron chi connectivity index (χ0n) is 14.9. The van der Waals surface area contributed by atoms with Gasteiger partial charge in [-0.3, -0.25) is 5.41 Å². The first-order chi connectivity index (χ1) is 13.0. The number of hydrogen-bond donors (Lipinski definition) is 1. The maximum Gasteiger partial charge on any atom is 0.217 e. The first-order valence-electron chi connectivity index (χ1n) is 8.87. The van der Waals surface area contributed by atoms with Crippen LogP contribution in [0.2, 0.25) is 0 Å². The van der Waals surface area contributed by atoms with Gasteiger partial charge < -0.3 is 14.2 Å². The molecular weight excluding hydrogens is 344 g/mol. The Labute approximate surface area is 157 Å². The molecule has 7 heteroatoms. The minimum Gasteiger partial charge on any atom is -0.497 e. The number of nitriles is 3. The molecule has 1 N–H and O–H groups in total. The molecule has 2 aliphatic heterocycles. The van der Waals surface area contributed by atoms with Gasteiger partial charge in [-0.15, -0.1) is 0 Å². The Morgan fingerprint density at radius 3 is 2.41 bits per heavy atom. The summed E-state index contributed by atoms with van der Waals surface area (Å²) in [6, 6.07) is 13.2. The summed E-state index contributed by atoms with van der Waals surface area (Å²) in [5.41, 5.74) is -2.95. The second-order valence-corrected chi connectivity index (χ2v) is 7.26. The Kier molecular flexibility index (Phi) is 3.67. The Morgan fingerprint density at radius 2 is 1.81 bits per heavy atom. The van der Waals surface area contributed by atoms with Gasteiger partial charge in [0.15, 0.2) is 5.41 Å². The van der Waals surface area contributed by atoms with Crippen LogP contribution in [0, 0.1) is 56.2 Å². The zero-order valence-corrected chi connectivity index (χ0v) is 14.9. The van der Waals surface area contributed by atoms with Gasteiger partial charge in [0.1, 0.15) is 11.9 Å². The normalized spacial score (nSPS) is 35.7. The molecule has 2 saturated heterocycles. The van der Waals surface area contributed by atoms with Crippen molar-refractivity contribution in [2.24, 2.45) is 16.7 Å². The zero-order chi connectivity index (χ0) is 19.3. The fraction of sp³-hybridized carbons (Fsp3) is 0.500. The Hall–Kier alpha value is -3.08. The van der Waals surface area contributed by atoms with E-state index in [1.54, 1.807) is 31.4 Å². The molecule has 27 heavy (non-hydrogen) atoms. The number of hydrogen-bond acceptors (Lipinski definition) is 7. The first kappa shape index (κ1) is 17.3. The molecule has 4 atom stereocenters. The second kappa shape index (κ2) is 5.71. The number of nitrogens with one attached hydrogen (secondary N) is 1. The number of methoxy groups -OCH3 is 1. The van der Waals surface area contributed by atoms with E-state index in [0.29, 0.717) is 24.2 Å². The van der Waals surface area contributed by atoms with E-state index in [9.17, 15) is 15.8 Å². The van der Waals surface area contributed by atoms with Crippen LogP contribution in [0.25, 0.3) is 0 Å². The van der Waals surface area contributed by atoms with E-state index < -0.39 is 28.6 Å². The van der Waals surface area contributed by atoms with E-state index in [1.165, 1.54) is 0 Å². The van der Waals surface area contributed by atoms with Gasteiger partial charge in [-0.05, 0) is 30.5 Å². The average molecular weight is 362 g/mol. The van der Waals surface area contributed by atoms with E-state index in [4.69, 9.17) is 19.6 Å². The van der Waals surface area contributed by atoms with Crippen molar-refractivity contribution < 1.29 is 14.2 Å². The van der Waals surface area contributed by atoms with Gasteiger partial charge in [0.25, 0.3) is 0 Å². The van der Waals surface area contributed by atoms with Crippen molar-refractivity contribution in [1.82, 2.24) is 0 Å².